The number of aryl methyl sites for hydroxylation is 1. The van der Waals surface area contributed by atoms with Gasteiger partial charge in [-0.05, 0) is 30.2 Å². The lowest BCUT2D eigenvalue weighted by atomic mass is 10.1. The Labute approximate surface area is 165 Å². The van der Waals surface area contributed by atoms with Crippen LogP contribution in [0.15, 0.2) is 53.3 Å². The van der Waals surface area contributed by atoms with Gasteiger partial charge in [0, 0.05) is 10.6 Å². The summed E-state index contributed by atoms with van der Waals surface area (Å²) in [6, 6.07) is 15.6. The predicted molar refractivity (Wildman–Crippen MR) is 107 cm³/mol. The summed E-state index contributed by atoms with van der Waals surface area (Å²) in [4.78, 5) is 24.7. The van der Waals surface area contributed by atoms with Crippen molar-refractivity contribution in [3.8, 4) is 11.8 Å². The number of nitrogens with zero attached hydrogens (tertiary/aromatic N) is 3. The maximum Gasteiger partial charge on any atom is 0.357 e. The van der Waals surface area contributed by atoms with Crippen molar-refractivity contribution in [2.24, 2.45) is 0 Å². The molecule has 3 aromatic rings. The van der Waals surface area contributed by atoms with Crippen LogP contribution in [-0.2, 0) is 0 Å². The predicted octanol–water partition coefficient (Wildman–Crippen LogP) is 3.93. The van der Waals surface area contributed by atoms with E-state index in [0.717, 1.165) is 10.2 Å². The van der Waals surface area contributed by atoms with Gasteiger partial charge < -0.3 is 5.11 Å². The summed E-state index contributed by atoms with van der Waals surface area (Å²) in [6.45, 7) is 1.77. The monoisotopic (exact) mass is 391 g/mol. The van der Waals surface area contributed by atoms with Gasteiger partial charge in [-0.15, -0.1) is 0 Å². The molecule has 0 bridgehead atoms. The second-order valence-corrected chi connectivity index (χ2v) is 6.32. The number of halogens is 1. The molecule has 0 atom stereocenters. The molecule has 3 rings (SSSR count). The largest absolute Gasteiger partial charge is 0.476 e. The molecule has 1 aromatic heterocycles. The molecule has 2 aromatic carbocycles. The summed E-state index contributed by atoms with van der Waals surface area (Å²) < 4.78 is 0.949. The summed E-state index contributed by atoms with van der Waals surface area (Å²) in [5, 5.41) is 23.6. The average Bonchev–Trinajstić information content (AvgIpc) is 2.68. The fourth-order valence-corrected chi connectivity index (χ4v) is 2.91. The molecule has 0 aliphatic heterocycles. The molecule has 0 radical (unpaired) electrons. The van der Waals surface area contributed by atoms with Gasteiger partial charge >= 0.3 is 5.97 Å². The van der Waals surface area contributed by atoms with Crippen LogP contribution >= 0.6 is 11.6 Å². The third-order valence-corrected chi connectivity index (χ3v) is 4.47. The number of hydrogen-bond acceptors (Lipinski definition) is 4. The maximum absolute atomic E-state index is 12.9. The molecule has 1 heterocycles. The van der Waals surface area contributed by atoms with Gasteiger partial charge in [0.1, 0.15) is 11.6 Å². The van der Waals surface area contributed by atoms with E-state index >= 15 is 0 Å². The Balaban J connectivity index is 2.27. The van der Waals surface area contributed by atoms with Gasteiger partial charge in [-0.25, -0.2) is 4.79 Å². The standard InChI is InChI=1S/C21H14ClN3O3/c1-13-6-2-5-9-18(13)25-20(26)16(12-23)15(19(24-25)21(27)28)11-10-14-7-3-4-8-17(14)22/h2-11H,1H3,(H,27,28)/b11-10-. The first-order valence-electron chi connectivity index (χ1n) is 8.23. The van der Waals surface area contributed by atoms with Crippen molar-refractivity contribution >= 4 is 29.7 Å². The van der Waals surface area contributed by atoms with E-state index in [2.05, 4.69) is 5.10 Å². The number of rotatable bonds is 4. The molecular weight excluding hydrogens is 378 g/mol. The molecule has 7 heteroatoms. The lowest BCUT2D eigenvalue weighted by molar-refractivity contribution is 0.0688. The Bertz CT molecular complexity index is 1210. The van der Waals surface area contributed by atoms with E-state index in [-0.39, 0.29) is 11.1 Å². The van der Waals surface area contributed by atoms with E-state index in [0.29, 0.717) is 16.3 Å². The summed E-state index contributed by atoms with van der Waals surface area (Å²) >= 11 is 6.11. The first kappa shape index (κ1) is 19.1. The molecule has 0 saturated carbocycles. The highest BCUT2D eigenvalue weighted by molar-refractivity contribution is 6.32. The molecule has 0 saturated heterocycles. The minimum absolute atomic E-state index is 0.0650. The van der Waals surface area contributed by atoms with E-state index in [1.807, 2.05) is 6.07 Å². The van der Waals surface area contributed by atoms with Crippen LogP contribution in [0.4, 0.5) is 0 Å². The van der Waals surface area contributed by atoms with Crippen molar-refractivity contribution in [3.63, 3.8) is 0 Å². The molecule has 6 nitrogen and oxygen atoms in total. The van der Waals surface area contributed by atoms with Gasteiger partial charge in [-0.2, -0.15) is 15.0 Å². The van der Waals surface area contributed by atoms with Gasteiger partial charge in [0.15, 0.2) is 5.69 Å². The topological polar surface area (TPSA) is 96.0 Å². The van der Waals surface area contributed by atoms with Crippen LogP contribution in [0.1, 0.15) is 32.7 Å². The SMILES string of the molecule is Cc1ccccc1-n1nc(C(=O)O)c(/C=C\c2ccccc2Cl)c(C#N)c1=O. The summed E-state index contributed by atoms with van der Waals surface area (Å²) in [6.07, 6.45) is 2.92. The first-order valence-corrected chi connectivity index (χ1v) is 8.61. The highest BCUT2D eigenvalue weighted by atomic mass is 35.5. The lowest BCUT2D eigenvalue weighted by Crippen LogP contribution is -2.28. The van der Waals surface area contributed by atoms with Crippen LogP contribution in [0.25, 0.3) is 17.8 Å². The van der Waals surface area contributed by atoms with Crippen LogP contribution in [0.5, 0.6) is 0 Å². The van der Waals surface area contributed by atoms with E-state index < -0.39 is 17.2 Å². The molecule has 28 heavy (non-hydrogen) atoms. The number of para-hydroxylation sites is 1. The second kappa shape index (κ2) is 7.91. The molecule has 0 spiro atoms. The summed E-state index contributed by atoms with van der Waals surface area (Å²) in [5.74, 6) is -1.35. The smallest absolute Gasteiger partial charge is 0.357 e. The zero-order valence-corrected chi connectivity index (χ0v) is 15.5. The van der Waals surface area contributed by atoms with E-state index in [4.69, 9.17) is 11.6 Å². The van der Waals surface area contributed by atoms with Gasteiger partial charge in [0.05, 0.1) is 5.69 Å². The van der Waals surface area contributed by atoms with Gasteiger partial charge in [-0.1, -0.05) is 60.2 Å². The van der Waals surface area contributed by atoms with Gasteiger partial charge in [0.25, 0.3) is 5.56 Å². The number of carbonyl (C=O) groups is 1. The Morgan fingerprint density at radius 2 is 1.86 bits per heavy atom. The molecular formula is C21H14ClN3O3. The fraction of sp³-hybridized carbons (Fsp3) is 0.0476. The molecule has 0 aliphatic rings. The van der Waals surface area contributed by atoms with E-state index in [1.165, 1.54) is 6.08 Å². The van der Waals surface area contributed by atoms with Gasteiger partial charge in [-0.3, -0.25) is 4.79 Å². The lowest BCUT2D eigenvalue weighted by Gasteiger charge is -2.11. The first-order chi connectivity index (χ1) is 13.4. The molecule has 0 unspecified atom stereocenters. The highest BCUT2D eigenvalue weighted by Crippen LogP contribution is 2.20. The Morgan fingerprint density at radius 1 is 1.18 bits per heavy atom. The second-order valence-electron chi connectivity index (χ2n) is 5.91. The molecule has 138 valence electrons. The highest BCUT2D eigenvalue weighted by Gasteiger charge is 2.21. The normalized spacial score (nSPS) is 10.8. The number of nitriles is 1. The van der Waals surface area contributed by atoms with Crippen molar-refractivity contribution in [1.29, 1.82) is 5.26 Å². The maximum atomic E-state index is 12.9. The zero-order valence-electron chi connectivity index (χ0n) is 14.8. The molecule has 0 aliphatic carbocycles. The minimum atomic E-state index is -1.35. The number of aromatic carboxylic acids is 1. The number of carboxylic acids is 1. The van der Waals surface area contributed by atoms with Crippen LogP contribution < -0.4 is 5.56 Å². The number of hydrogen-bond donors (Lipinski definition) is 1. The number of carboxylic acid groups (broad SMARTS) is 1. The van der Waals surface area contributed by atoms with E-state index in [1.54, 1.807) is 61.5 Å². The average molecular weight is 392 g/mol. The minimum Gasteiger partial charge on any atom is -0.476 e. The van der Waals surface area contributed by atoms with Gasteiger partial charge in [0.2, 0.25) is 0 Å². The van der Waals surface area contributed by atoms with Crippen LogP contribution in [-0.4, -0.2) is 20.9 Å². The Kier molecular flexibility index (Phi) is 5.39. The third-order valence-electron chi connectivity index (χ3n) is 4.12. The quantitative estimate of drug-likeness (QED) is 0.726. The van der Waals surface area contributed by atoms with Crippen molar-refractivity contribution in [3.05, 3.63) is 91.9 Å². The zero-order chi connectivity index (χ0) is 20.3. The number of aromatic nitrogens is 2. The van der Waals surface area contributed by atoms with Crippen molar-refractivity contribution in [2.75, 3.05) is 0 Å². The molecule has 1 N–H and O–H groups in total. The van der Waals surface area contributed by atoms with Crippen LogP contribution in [0.2, 0.25) is 5.02 Å². The van der Waals surface area contributed by atoms with Crippen molar-refractivity contribution < 1.29 is 9.90 Å². The number of benzene rings is 2. The fourth-order valence-electron chi connectivity index (χ4n) is 2.71. The van der Waals surface area contributed by atoms with Crippen LogP contribution in [0, 0.1) is 18.3 Å². The Morgan fingerprint density at radius 3 is 2.50 bits per heavy atom. The summed E-state index contributed by atoms with van der Waals surface area (Å²) in [5.41, 5.74) is 0.282. The molecule has 0 fully saturated rings. The Hall–Kier alpha value is -3.69. The summed E-state index contributed by atoms with van der Waals surface area (Å²) in [7, 11) is 0. The van der Waals surface area contributed by atoms with E-state index in [9.17, 15) is 20.0 Å². The third kappa shape index (κ3) is 3.56. The van der Waals surface area contributed by atoms with Crippen molar-refractivity contribution in [2.45, 2.75) is 6.92 Å². The van der Waals surface area contributed by atoms with Crippen LogP contribution in [0.3, 0.4) is 0 Å². The van der Waals surface area contributed by atoms with Crippen molar-refractivity contribution in [1.82, 2.24) is 9.78 Å². The molecule has 0 amide bonds.